The van der Waals surface area contributed by atoms with E-state index in [9.17, 15) is 0 Å². The zero-order valence-corrected chi connectivity index (χ0v) is 9.42. The van der Waals surface area contributed by atoms with E-state index in [1.807, 2.05) is 24.3 Å². The maximum Gasteiger partial charge on any atom is 0.0455 e. The molecule has 0 atom stereocenters. The van der Waals surface area contributed by atoms with Gasteiger partial charge >= 0.3 is 0 Å². The quantitative estimate of drug-likeness (QED) is 0.772. The summed E-state index contributed by atoms with van der Waals surface area (Å²) in [6.07, 6.45) is 0. The molecular formula is C13H13NS. The van der Waals surface area contributed by atoms with Crippen LogP contribution in [0.1, 0.15) is 5.56 Å². The van der Waals surface area contributed by atoms with Crippen molar-refractivity contribution in [3.05, 3.63) is 54.1 Å². The van der Waals surface area contributed by atoms with Crippen LogP contribution in [0.25, 0.3) is 0 Å². The van der Waals surface area contributed by atoms with Crippen molar-refractivity contribution < 1.29 is 0 Å². The molecule has 76 valence electrons. The second kappa shape index (κ2) is 4.41. The highest BCUT2D eigenvalue weighted by Crippen LogP contribution is 2.31. The predicted octanol–water partition coefficient (Wildman–Crippen LogP) is 3.73. The van der Waals surface area contributed by atoms with Crippen LogP contribution in [-0.2, 0) is 0 Å². The summed E-state index contributed by atoms with van der Waals surface area (Å²) >= 11 is 1.70. The van der Waals surface area contributed by atoms with Gasteiger partial charge in [-0.05, 0) is 31.2 Å². The van der Waals surface area contributed by atoms with E-state index in [2.05, 4.69) is 31.2 Å². The van der Waals surface area contributed by atoms with E-state index in [0.29, 0.717) is 0 Å². The molecule has 0 amide bonds. The summed E-state index contributed by atoms with van der Waals surface area (Å²) in [6.45, 7) is 2.10. The number of benzene rings is 2. The van der Waals surface area contributed by atoms with Gasteiger partial charge in [0.15, 0.2) is 0 Å². The Kier molecular flexibility index (Phi) is 2.97. The molecule has 0 aliphatic heterocycles. The molecule has 0 unspecified atom stereocenters. The van der Waals surface area contributed by atoms with E-state index in [1.165, 1.54) is 10.5 Å². The van der Waals surface area contributed by atoms with Gasteiger partial charge in [-0.25, -0.2) is 0 Å². The van der Waals surface area contributed by atoms with Crippen LogP contribution in [0.15, 0.2) is 58.3 Å². The number of nitrogen functional groups attached to an aromatic ring is 1. The molecule has 0 saturated carbocycles. The minimum atomic E-state index is 0.837. The van der Waals surface area contributed by atoms with Crippen LogP contribution in [0.3, 0.4) is 0 Å². The molecule has 2 rings (SSSR count). The molecule has 0 aromatic heterocycles. The van der Waals surface area contributed by atoms with E-state index in [1.54, 1.807) is 11.8 Å². The van der Waals surface area contributed by atoms with E-state index in [0.717, 1.165) is 10.6 Å². The van der Waals surface area contributed by atoms with E-state index in [4.69, 9.17) is 5.73 Å². The lowest BCUT2D eigenvalue weighted by Crippen LogP contribution is -1.86. The number of hydrogen-bond acceptors (Lipinski definition) is 2. The predicted molar refractivity (Wildman–Crippen MR) is 66.2 cm³/mol. The molecule has 2 N–H and O–H groups in total. The Hall–Kier alpha value is -1.41. The van der Waals surface area contributed by atoms with Gasteiger partial charge in [-0.15, -0.1) is 0 Å². The third-order valence-electron chi connectivity index (χ3n) is 2.14. The average molecular weight is 215 g/mol. The molecule has 1 nitrogen and oxygen atoms in total. The Bertz CT molecular complexity index is 466. The number of para-hydroxylation sites is 1. The van der Waals surface area contributed by atoms with Crippen molar-refractivity contribution in [3.63, 3.8) is 0 Å². The van der Waals surface area contributed by atoms with Gasteiger partial charge in [-0.2, -0.15) is 0 Å². The molecule has 0 saturated heterocycles. The van der Waals surface area contributed by atoms with Crippen molar-refractivity contribution >= 4 is 17.4 Å². The van der Waals surface area contributed by atoms with E-state index in [-0.39, 0.29) is 0 Å². The van der Waals surface area contributed by atoms with Crippen LogP contribution in [0.4, 0.5) is 5.69 Å². The lowest BCUT2D eigenvalue weighted by atomic mass is 10.2. The zero-order chi connectivity index (χ0) is 10.7. The first-order valence-corrected chi connectivity index (χ1v) is 5.66. The Morgan fingerprint density at radius 2 is 1.80 bits per heavy atom. The fourth-order valence-electron chi connectivity index (χ4n) is 1.38. The van der Waals surface area contributed by atoms with E-state index < -0.39 is 0 Å². The molecule has 2 aromatic carbocycles. The van der Waals surface area contributed by atoms with Crippen molar-refractivity contribution in [2.45, 2.75) is 16.7 Å². The van der Waals surface area contributed by atoms with Gasteiger partial charge < -0.3 is 5.73 Å². The second-order valence-corrected chi connectivity index (χ2v) is 4.57. The summed E-state index contributed by atoms with van der Waals surface area (Å²) in [5.41, 5.74) is 8.00. The molecule has 0 fully saturated rings. The fraction of sp³-hybridized carbons (Fsp3) is 0.0769. The Labute approximate surface area is 94.3 Å². The van der Waals surface area contributed by atoms with Crippen LogP contribution >= 0.6 is 11.8 Å². The first-order chi connectivity index (χ1) is 7.25. The third-order valence-corrected chi connectivity index (χ3v) is 3.22. The first-order valence-electron chi connectivity index (χ1n) is 4.85. The van der Waals surface area contributed by atoms with Gasteiger partial charge in [0.2, 0.25) is 0 Å². The first kappa shape index (κ1) is 10.1. The second-order valence-electron chi connectivity index (χ2n) is 3.46. The third kappa shape index (κ3) is 2.54. The SMILES string of the molecule is Cc1cccc(Sc2ccccc2N)c1. The van der Waals surface area contributed by atoms with Gasteiger partial charge in [-0.3, -0.25) is 0 Å². The van der Waals surface area contributed by atoms with Crippen LogP contribution in [0.5, 0.6) is 0 Å². The van der Waals surface area contributed by atoms with Gasteiger partial charge in [0.05, 0.1) is 0 Å². The number of aryl methyl sites for hydroxylation is 1. The Morgan fingerprint density at radius 3 is 2.53 bits per heavy atom. The highest BCUT2D eigenvalue weighted by molar-refractivity contribution is 7.99. The summed E-state index contributed by atoms with van der Waals surface area (Å²) in [4.78, 5) is 2.34. The summed E-state index contributed by atoms with van der Waals surface area (Å²) in [5.74, 6) is 0. The normalized spacial score (nSPS) is 10.2. The van der Waals surface area contributed by atoms with Crippen LogP contribution < -0.4 is 5.73 Å². The lowest BCUT2D eigenvalue weighted by molar-refractivity contribution is 1.35. The highest BCUT2D eigenvalue weighted by Gasteiger charge is 2.00. The number of nitrogens with two attached hydrogens (primary N) is 1. The van der Waals surface area contributed by atoms with Crippen molar-refractivity contribution in [2.75, 3.05) is 5.73 Å². The molecule has 0 bridgehead atoms. The minimum absolute atomic E-state index is 0.837. The smallest absolute Gasteiger partial charge is 0.0455 e. The molecule has 0 heterocycles. The van der Waals surface area contributed by atoms with Crippen molar-refractivity contribution in [1.29, 1.82) is 0 Å². The van der Waals surface area contributed by atoms with E-state index >= 15 is 0 Å². The summed E-state index contributed by atoms with van der Waals surface area (Å²) in [5, 5.41) is 0. The fourth-order valence-corrected chi connectivity index (χ4v) is 2.36. The molecule has 0 aliphatic carbocycles. The average Bonchev–Trinajstić information content (AvgIpc) is 2.22. The maximum absolute atomic E-state index is 5.89. The molecule has 0 aliphatic rings. The van der Waals surface area contributed by atoms with Gasteiger partial charge in [-0.1, -0.05) is 41.6 Å². The molecule has 0 spiro atoms. The number of rotatable bonds is 2. The highest BCUT2D eigenvalue weighted by atomic mass is 32.2. The Balaban J connectivity index is 2.26. The molecule has 2 heteroatoms. The van der Waals surface area contributed by atoms with Crippen LogP contribution in [-0.4, -0.2) is 0 Å². The molecule has 15 heavy (non-hydrogen) atoms. The standard InChI is InChI=1S/C13H13NS/c1-10-5-4-6-11(9-10)15-13-8-3-2-7-12(13)14/h2-9H,14H2,1H3. The largest absolute Gasteiger partial charge is 0.398 e. The molecular weight excluding hydrogens is 202 g/mol. The maximum atomic E-state index is 5.89. The molecule has 0 radical (unpaired) electrons. The van der Waals surface area contributed by atoms with Crippen LogP contribution in [0, 0.1) is 6.92 Å². The summed E-state index contributed by atoms with van der Waals surface area (Å²) in [6, 6.07) is 16.4. The van der Waals surface area contributed by atoms with Crippen LogP contribution in [0.2, 0.25) is 0 Å². The lowest BCUT2D eigenvalue weighted by Gasteiger charge is -2.05. The van der Waals surface area contributed by atoms with Gasteiger partial charge in [0.1, 0.15) is 0 Å². The number of anilines is 1. The minimum Gasteiger partial charge on any atom is -0.398 e. The zero-order valence-electron chi connectivity index (χ0n) is 8.60. The molecule has 2 aromatic rings. The van der Waals surface area contributed by atoms with Gasteiger partial charge in [0, 0.05) is 15.5 Å². The summed E-state index contributed by atoms with van der Waals surface area (Å²) in [7, 11) is 0. The monoisotopic (exact) mass is 215 g/mol. The Morgan fingerprint density at radius 1 is 1.00 bits per heavy atom. The van der Waals surface area contributed by atoms with Crippen molar-refractivity contribution in [1.82, 2.24) is 0 Å². The summed E-state index contributed by atoms with van der Waals surface area (Å²) < 4.78 is 0. The van der Waals surface area contributed by atoms with Gasteiger partial charge in [0.25, 0.3) is 0 Å². The van der Waals surface area contributed by atoms with Crippen molar-refractivity contribution in [3.8, 4) is 0 Å². The van der Waals surface area contributed by atoms with Crippen molar-refractivity contribution in [2.24, 2.45) is 0 Å². The number of hydrogen-bond donors (Lipinski definition) is 1. The topological polar surface area (TPSA) is 26.0 Å².